The molecule has 0 bridgehead atoms. The van der Waals surface area contributed by atoms with Gasteiger partial charge in [0.2, 0.25) is 0 Å². The number of amides is 1. The zero-order chi connectivity index (χ0) is 12.8. The zero-order valence-electron chi connectivity index (χ0n) is 9.38. The molecule has 2 rings (SSSR count). The number of carbonyl (C=O) groups excluding carboxylic acids is 1. The molecular weight excluding hydrogens is 294 g/mol. The summed E-state index contributed by atoms with van der Waals surface area (Å²) in [7, 11) is 0. The van der Waals surface area contributed by atoms with E-state index in [-0.39, 0.29) is 5.91 Å². The Morgan fingerprint density at radius 2 is 2.22 bits per heavy atom. The molecule has 1 amide bonds. The van der Waals surface area contributed by atoms with E-state index in [0.717, 1.165) is 10.0 Å². The van der Waals surface area contributed by atoms with Crippen LogP contribution in [0.2, 0.25) is 0 Å². The molecule has 0 fully saturated rings. The van der Waals surface area contributed by atoms with Crippen molar-refractivity contribution >= 4 is 28.1 Å². The Balaban J connectivity index is 1.99. The molecule has 1 N–H and O–H groups in total. The van der Waals surface area contributed by atoms with Crippen molar-refractivity contribution in [1.29, 1.82) is 0 Å². The van der Waals surface area contributed by atoms with Crippen LogP contribution in [0.15, 0.2) is 58.4 Å². The second kappa shape index (κ2) is 6.07. The molecule has 1 aromatic carbocycles. The van der Waals surface area contributed by atoms with Crippen LogP contribution >= 0.6 is 15.9 Å². The van der Waals surface area contributed by atoms with Crippen LogP contribution < -0.4 is 5.43 Å². The highest BCUT2D eigenvalue weighted by Crippen LogP contribution is 2.11. The number of nitrogens with zero attached hydrogens (tertiary/aromatic N) is 2. The maximum absolute atomic E-state index is 11.7. The summed E-state index contributed by atoms with van der Waals surface area (Å²) in [6, 6.07) is 10.8. The van der Waals surface area contributed by atoms with Gasteiger partial charge in [-0.2, -0.15) is 5.10 Å². The van der Waals surface area contributed by atoms with E-state index in [9.17, 15) is 4.79 Å². The number of pyridine rings is 1. The van der Waals surface area contributed by atoms with Crippen molar-refractivity contribution in [2.75, 3.05) is 0 Å². The number of nitrogens with one attached hydrogen (secondary N) is 1. The van der Waals surface area contributed by atoms with Crippen molar-refractivity contribution in [1.82, 2.24) is 10.4 Å². The van der Waals surface area contributed by atoms with Crippen molar-refractivity contribution in [3.63, 3.8) is 0 Å². The van der Waals surface area contributed by atoms with Crippen molar-refractivity contribution in [2.24, 2.45) is 5.10 Å². The molecule has 0 spiro atoms. The molecule has 0 saturated heterocycles. The minimum Gasteiger partial charge on any atom is -0.267 e. The van der Waals surface area contributed by atoms with Crippen LogP contribution in [0.25, 0.3) is 0 Å². The van der Waals surface area contributed by atoms with E-state index >= 15 is 0 Å². The Morgan fingerprint density at radius 3 is 2.94 bits per heavy atom. The number of hydrogen-bond donors (Lipinski definition) is 1. The van der Waals surface area contributed by atoms with Gasteiger partial charge in [0.25, 0.3) is 5.91 Å². The summed E-state index contributed by atoms with van der Waals surface area (Å²) in [6.45, 7) is 0. The van der Waals surface area contributed by atoms with Gasteiger partial charge in [0.05, 0.1) is 6.21 Å². The lowest BCUT2D eigenvalue weighted by Crippen LogP contribution is -2.17. The van der Waals surface area contributed by atoms with E-state index in [1.165, 1.54) is 0 Å². The Labute approximate surface area is 113 Å². The van der Waals surface area contributed by atoms with Crippen molar-refractivity contribution in [3.8, 4) is 0 Å². The standard InChI is InChI=1S/C13H10BrN3O/c14-12-5-1-4-11(7-12)13(18)17-16-9-10-3-2-6-15-8-10/h1-9H,(H,17,18)/b16-9-. The summed E-state index contributed by atoms with van der Waals surface area (Å²) >= 11 is 3.31. The lowest BCUT2D eigenvalue weighted by Gasteiger charge is -1.99. The fourth-order valence-electron chi connectivity index (χ4n) is 1.31. The highest BCUT2D eigenvalue weighted by Gasteiger charge is 2.03. The first-order chi connectivity index (χ1) is 8.75. The Kier molecular flexibility index (Phi) is 4.20. The number of benzene rings is 1. The monoisotopic (exact) mass is 303 g/mol. The molecular formula is C13H10BrN3O. The van der Waals surface area contributed by atoms with E-state index in [2.05, 4.69) is 31.4 Å². The number of hydrazone groups is 1. The van der Waals surface area contributed by atoms with Crippen LogP contribution in [0, 0.1) is 0 Å². The van der Waals surface area contributed by atoms with Crippen molar-refractivity contribution < 1.29 is 4.79 Å². The molecule has 4 nitrogen and oxygen atoms in total. The number of carbonyl (C=O) groups is 1. The molecule has 0 aliphatic rings. The molecule has 18 heavy (non-hydrogen) atoms. The van der Waals surface area contributed by atoms with E-state index in [1.807, 2.05) is 12.1 Å². The van der Waals surface area contributed by atoms with Crippen LogP contribution in [-0.2, 0) is 0 Å². The maximum atomic E-state index is 11.7. The molecule has 0 radical (unpaired) electrons. The topological polar surface area (TPSA) is 54.4 Å². The summed E-state index contributed by atoms with van der Waals surface area (Å²) in [6.07, 6.45) is 4.88. The summed E-state index contributed by atoms with van der Waals surface area (Å²) in [5, 5.41) is 3.87. The zero-order valence-corrected chi connectivity index (χ0v) is 11.0. The highest BCUT2D eigenvalue weighted by molar-refractivity contribution is 9.10. The second-order valence-electron chi connectivity index (χ2n) is 3.50. The van der Waals surface area contributed by atoms with Crippen LogP contribution in [-0.4, -0.2) is 17.1 Å². The highest BCUT2D eigenvalue weighted by atomic mass is 79.9. The third kappa shape index (κ3) is 3.49. The molecule has 0 unspecified atom stereocenters. The Morgan fingerprint density at radius 1 is 1.33 bits per heavy atom. The van der Waals surface area contributed by atoms with Crippen molar-refractivity contribution in [3.05, 3.63) is 64.4 Å². The molecule has 5 heteroatoms. The van der Waals surface area contributed by atoms with Gasteiger partial charge in [0.15, 0.2) is 0 Å². The van der Waals surface area contributed by atoms with Gasteiger partial charge in [0, 0.05) is 28.0 Å². The second-order valence-corrected chi connectivity index (χ2v) is 4.41. The Hall–Kier alpha value is -2.01. The van der Waals surface area contributed by atoms with Gasteiger partial charge in [0.1, 0.15) is 0 Å². The molecule has 1 heterocycles. The largest absolute Gasteiger partial charge is 0.271 e. The lowest BCUT2D eigenvalue weighted by molar-refractivity contribution is 0.0955. The third-order valence-electron chi connectivity index (χ3n) is 2.15. The quantitative estimate of drug-likeness (QED) is 0.700. The first-order valence-electron chi connectivity index (χ1n) is 5.25. The molecule has 0 atom stereocenters. The fourth-order valence-corrected chi connectivity index (χ4v) is 1.71. The minimum absolute atomic E-state index is 0.253. The Bertz CT molecular complexity index is 569. The van der Waals surface area contributed by atoms with Gasteiger partial charge in [-0.25, -0.2) is 5.43 Å². The maximum Gasteiger partial charge on any atom is 0.271 e. The summed E-state index contributed by atoms with van der Waals surface area (Å²) in [5.74, 6) is -0.253. The smallest absolute Gasteiger partial charge is 0.267 e. The predicted molar refractivity (Wildman–Crippen MR) is 73.4 cm³/mol. The van der Waals surface area contributed by atoms with E-state index < -0.39 is 0 Å². The molecule has 0 aliphatic heterocycles. The van der Waals surface area contributed by atoms with Gasteiger partial charge in [-0.05, 0) is 24.3 Å². The molecule has 0 aliphatic carbocycles. The number of hydrogen-bond acceptors (Lipinski definition) is 3. The summed E-state index contributed by atoms with van der Waals surface area (Å²) in [4.78, 5) is 15.7. The predicted octanol–water partition coefficient (Wildman–Crippen LogP) is 2.61. The average molecular weight is 304 g/mol. The molecule has 0 saturated carbocycles. The van der Waals surface area contributed by atoms with Gasteiger partial charge in [-0.15, -0.1) is 0 Å². The summed E-state index contributed by atoms with van der Waals surface area (Å²) in [5.41, 5.74) is 3.83. The van der Waals surface area contributed by atoms with E-state index in [0.29, 0.717) is 5.56 Å². The number of rotatable bonds is 3. The first kappa shape index (κ1) is 12.4. The van der Waals surface area contributed by atoms with Gasteiger partial charge in [-0.1, -0.05) is 28.1 Å². The van der Waals surface area contributed by atoms with Gasteiger partial charge in [-0.3, -0.25) is 9.78 Å². The SMILES string of the molecule is O=C(N/N=C\c1cccnc1)c1cccc(Br)c1. The number of aromatic nitrogens is 1. The lowest BCUT2D eigenvalue weighted by atomic mass is 10.2. The molecule has 90 valence electrons. The van der Waals surface area contributed by atoms with E-state index in [1.54, 1.807) is 42.9 Å². The molecule has 1 aromatic heterocycles. The van der Waals surface area contributed by atoms with Gasteiger partial charge < -0.3 is 0 Å². The summed E-state index contributed by atoms with van der Waals surface area (Å²) < 4.78 is 0.853. The number of halogens is 1. The first-order valence-corrected chi connectivity index (χ1v) is 6.04. The van der Waals surface area contributed by atoms with Crippen LogP contribution in [0.4, 0.5) is 0 Å². The minimum atomic E-state index is -0.253. The van der Waals surface area contributed by atoms with Crippen molar-refractivity contribution in [2.45, 2.75) is 0 Å². The van der Waals surface area contributed by atoms with Crippen LogP contribution in [0.1, 0.15) is 15.9 Å². The fraction of sp³-hybridized carbons (Fsp3) is 0. The van der Waals surface area contributed by atoms with Crippen LogP contribution in [0.3, 0.4) is 0 Å². The molecule has 2 aromatic rings. The van der Waals surface area contributed by atoms with E-state index in [4.69, 9.17) is 0 Å². The normalized spacial score (nSPS) is 10.5. The third-order valence-corrected chi connectivity index (χ3v) is 2.64. The van der Waals surface area contributed by atoms with Crippen LogP contribution in [0.5, 0.6) is 0 Å². The average Bonchev–Trinajstić information content (AvgIpc) is 2.40. The van der Waals surface area contributed by atoms with Gasteiger partial charge >= 0.3 is 0 Å².